The van der Waals surface area contributed by atoms with E-state index in [2.05, 4.69) is 0 Å². The van der Waals surface area contributed by atoms with Gasteiger partial charge in [0.2, 0.25) is 0 Å². The fraction of sp³-hybridized carbons (Fsp3) is 0.273. The molecular formula is C11H12N2O2. The molecule has 0 aliphatic carbocycles. The summed E-state index contributed by atoms with van der Waals surface area (Å²) < 4.78 is 1.74. The first-order valence-corrected chi connectivity index (χ1v) is 4.89. The van der Waals surface area contributed by atoms with E-state index in [9.17, 15) is 10.1 Å². The van der Waals surface area contributed by atoms with Crippen LogP contribution in [-0.2, 0) is 6.54 Å². The molecule has 0 fully saturated rings. The van der Waals surface area contributed by atoms with Gasteiger partial charge in [0.05, 0.1) is 12.1 Å². The van der Waals surface area contributed by atoms with Gasteiger partial charge in [-0.2, -0.15) is 0 Å². The van der Waals surface area contributed by atoms with E-state index in [1.54, 1.807) is 11.5 Å². The summed E-state index contributed by atoms with van der Waals surface area (Å²) in [5, 5.41) is 11.9. The highest BCUT2D eigenvalue weighted by Gasteiger charge is 2.21. The molecule has 2 aromatic rings. The average Bonchev–Trinajstić information content (AvgIpc) is 2.52. The van der Waals surface area contributed by atoms with Gasteiger partial charge in [0, 0.05) is 5.39 Å². The first-order valence-electron chi connectivity index (χ1n) is 4.89. The van der Waals surface area contributed by atoms with Gasteiger partial charge in [-0.3, -0.25) is 0 Å². The van der Waals surface area contributed by atoms with Crippen LogP contribution in [0.4, 0.5) is 5.82 Å². The van der Waals surface area contributed by atoms with E-state index in [4.69, 9.17) is 0 Å². The summed E-state index contributed by atoms with van der Waals surface area (Å²) in [4.78, 5) is 10.6. The molecule has 1 aromatic heterocycles. The number of aryl methyl sites for hydroxylation is 2. The Kier molecular flexibility index (Phi) is 2.19. The molecule has 0 bridgehead atoms. The fourth-order valence-corrected chi connectivity index (χ4v) is 2.02. The van der Waals surface area contributed by atoms with Crippen molar-refractivity contribution in [2.75, 3.05) is 0 Å². The van der Waals surface area contributed by atoms with E-state index in [1.165, 1.54) is 0 Å². The van der Waals surface area contributed by atoms with Gasteiger partial charge in [0.25, 0.3) is 0 Å². The summed E-state index contributed by atoms with van der Waals surface area (Å²) >= 11 is 0. The Morgan fingerprint density at radius 2 is 2.07 bits per heavy atom. The molecule has 4 nitrogen and oxygen atoms in total. The lowest BCUT2D eigenvalue weighted by Crippen LogP contribution is -2.01. The second kappa shape index (κ2) is 3.38. The maximum Gasteiger partial charge on any atom is 0.327 e. The van der Waals surface area contributed by atoms with Gasteiger partial charge in [-0.05, 0) is 24.8 Å². The van der Waals surface area contributed by atoms with E-state index in [-0.39, 0.29) is 10.7 Å². The van der Waals surface area contributed by atoms with Crippen molar-refractivity contribution in [2.24, 2.45) is 0 Å². The zero-order chi connectivity index (χ0) is 11.0. The SMILES string of the molecule is CCn1c([N+](=O)[O-])c(C)c2ccccc21. The number of nitro groups is 1. The third-order valence-corrected chi connectivity index (χ3v) is 2.68. The van der Waals surface area contributed by atoms with Gasteiger partial charge in [-0.25, -0.2) is 4.57 Å². The lowest BCUT2D eigenvalue weighted by Gasteiger charge is -1.99. The molecule has 0 unspecified atom stereocenters. The Morgan fingerprint density at radius 1 is 1.40 bits per heavy atom. The minimum atomic E-state index is -0.307. The predicted molar refractivity (Wildman–Crippen MR) is 59.0 cm³/mol. The molecule has 15 heavy (non-hydrogen) atoms. The van der Waals surface area contributed by atoms with Crippen LogP contribution in [0.15, 0.2) is 24.3 Å². The van der Waals surface area contributed by atoms with E-state index < -0.39 is 0 Å². The number of fused-ring (bicyclic) bond motifs is 1. The van der Waals surface area contributed by atoms with Crippen molar-refractivity contribution in [3.63, 3.8) is 0 Å². The Morgan fingerprint density at radius 3 is 2.67 bits per heavy atom. The van der Waals surface area contributed by atoms with Gasteiger partial charge in [-0.1, -0.05) is 18.2 Å². The van der Waals surface area contributed by atoms with Crippen LogP contribution in [-0.4, -0.2) is 9.49 Å². The standard InChI is InChI=1S/C11H12N2O2/c1-3-12-10-7-5-4-6-9(10)8(2)11(12)13(14)15/h4-7H,3H2,1-2H3. The zero-order valence-corrected chi connectivity index (χ0v) is 8.73. The summed E-state index contributed by atoms with van der Waals surface area (Å²) in [7, 11) is 0. The van der Waals surface area contributed by atoms with Gasteiger partial charge in [0.15, 0.2) is 0 Å². The number of aromatic nitrogens is 1. The molecule has 0 N–H and O–H groups in total. The molecule has 4 heteroatoms. The molecule has 0 saturated heterocycles. The summed E-state index contributed by atoms with van der Waals surface area (Å²) in [6, 6.07) is 7.64. The predicted octanol–water partition coefficient (Wildman–Crippen LogP) is 2.88. The summed E-state index contributed by atoms with van der Waals surface area (Å²) in [5.41, 5.74) is 1.68. The summed E-state index contributed by atoms with van der Waals surface area (Å²) in [6.45, 7) is 4.33. The number of nitrogens with zero attached hydrogens (tertiary/aromatic N) is 2. The van der Waals surface area contributed by atoms with Crippen molar-refractivity contribution in [3.05, 3.63) is 39.9 Å². The molecule has 1 heterocycles. The highest BCUT2D eigenvalue weighted by atomic mass is 16.6. The molecule has 0 spiro atoms. The lowest BCUT2D eigenvalue weighted by atomic mass is 10.2. The van der Waals surface area contributed by atoms with Crippen molar-refractivity contribution in [3.8, 4) is 0 Å². The minimum absolute atomic E-state index is 0.207. The Bertz CT molecular complexity index is 529. The number of benzene rings is 1. The topological polar surface area (TPSA) is 48.1 Å². The molecule has 78 valence electrons. The van der Waals surface area contributed by atoms with Gasteiger partial charge in [0.1, 0.15) is 5.52 Å². The molecule has 0 amide bonds. The number of hydrogen-bond donors (Lipinski definition) is 0. The van der Waals surface area contributed by atoms with Crippen LogP contribution in [0.5, 0.6) is 0 Å². The van der Waals surface area contributed by atoms with Crippen molar-refractivity contribution in [2.45, 2.75) is 20.4 Å². The van der Waals surface area contributed by atoms with Crippen LogP contribution >= 0.6 is 0 Å². The normalized spacial score (nSPS) is 10.8. The van der Waals surface area contributed by atoms with E-state index in [1.807, 2.05) is 31.2 Å². The summed E-state index contributed by atoms with van der Waals surface area (Å²) in [6.07, 6.45) is 0. The van der Waals surface area contributed by atoms with Crippen LogP contribution in [0.25, 0.3) is 10.9 Å². The quantitative estimate of drug-likeness (QED) is 0.557. The average molecular weight is 204 g/mol. The maximum absolute atomic E-state index is 11.0. The van der Waals surface area contributed by atoms with Crippen LogP contribution in [0.2, 0.25) is 0 Å². The van der Waals surface area contributed by atoms with E-state index in [0.29, 0.717) is 6.54 Å². The lowest BCUT2D eigenvalue weighted by molar-refractivity contribution is -0.392. The van der Waals surface area contributed by atoms with Crippen molar-refractivity contribution >= 4 is 16.7 Å². The van der Waals surface area contributed by atoms with Crippen LogP contribution < -0.4 is 0 Å². The molecule has 1 aromatic carbocycles. The van der Waals surface area contributed by atoms with Crippen LogP contribution in [0.1, 0.15) is 12.5 Å². The molecule has 2 rings (SSSR count). The molecule has 0 atom stereocenters. The Labute approximate surface area is 87.3 Å². The molecular weight excluding hydrogens is 192 g/mol. The molecule has 0 radical (unpaired) electrons. The molecule has 0 aliphatic rings. The van der Waals surface area contributed by atoms with Gasteiger partial charge < -0.3 is 10.1 Å². The minimum Gasteiger partial charge on any atom is -0.358 e. The first kappa shape index (κ1) is 9.71. The number of rotatable bonds is 2. The monoisotopic (exact) mass is 204 g/mol. The van der Waals surface area contributed by atoms with Crippen molar-refractivity contribution in [1.82, 2.24) is 4.57 Å². The van der Waals surface area contributed by atoms with Crippen molar-refractivity contribution < 1.29 is 4.92 Å². The largest absolute Gasteiger partial charge is 0.358 e. The molecule has 0 saturated carbocycles. The number of para-hydroxylation sites is 1. The number of hydrogen-bond acceptors (Lipinski definition) is 2. The first-order chi connectivity index (χ1) is 7.16. The third-order valence-electron chi connectivity index (χ3n) is 2.68. The second-order valence-electron chi connectivity index (χ2n) is 3.47. The molecule has 0 aliphatic heterocycles. The Balaban J connectivity index is 2.90. The van der Waals surface area contributed by atoms with E-state index in [0.717, 1.165) is 16.5 Å². The van der Waals surface area contributed by atoms with E-state index >= 15 is 0 Å². The smallest absolute Gasteiger partial charge is 0.327 e. The fourth-order valence-electron chi connectivity index (χ4n) is 2.02. The second-order valence-corrected chi connectivity index (χ2v) is 3.47. The third kappa shape index (κ3) is 1.29. The Hall–Kier alpha value is -1.84. The van der Waals surface area contributed by atoms with Crippen LogP contribution in [0.3, 0.4) is 0 Å². The van der Waals surface area contributed by atoms with Gasteiger partial charge >= 0.3 is 5.82 Å². The van der Waals surface area contributed by atoms with Crippen LogP contribution in [0, 0.1) is 17.0 Å². The highest BCUT2D eigenvalue weighted by molar-refractivity contribution is 5.87. The zero-order valence-electron chi connectivity index (χ0n) is 8.73. The highest BCUT2D eigenvalue weighted by Crippen LogP contribution is 2.30. The maximum atomic E-state index is 11.0. The summed E-state index contributed by atoms with van der Waals surface area (Å²) in [5.74, 6) is 0.207. The van der Waals surface area contributed by atoms with Gasteiger partial charge in [-0.15, -0.1) is 0 Å². The van der Waals surface area contributed by atoms with Crippen molar-refractivity contribution in [1.29, 1.82) is 0 Å².